The van der Waals surface area contributed by atoms with E-state index in [4.69, 9.17) is 12.2 Å². The van der Waals surface area contributed by atoms with Gasteiger partial charge in [0.1, 0.15) is 4.32 Å². The first kappa shape index (κ1) is 17.4. The summed E-state index contributed by atoms with van der Waals surface area (Å²) in [5.74, 6) is 0.790. The molecule has 1 aromatic rings. The lowest BCUT2D eigenvalue weighted by molar-refractivity contribution is -0.135. The highest BCUT2D eigenvalue weighted by atomic mass is 32.2. The van der Waals surface area contributed by atoms with Gasteiger partial charge >= 0.3 is 0 Å². The molecule has 0 radical (unpaired) electrons. The quantitative estimate of drug-likeness (QED) is 0.833. The minimum atomic E-state index is -0.804. The highest BCUT2D eigenvalue weighted by molar-refractivity contribution is 8.23. The van der Waals surface area contributed by atoms with Crippen molar-refractivity contribution in [1.82, 2.24) is 4.90 Å². The molecule has 0 unspecified atom stereocenters. The van der Waals surface area contributed by atoms with Gasteiger partial charge in [-0.1, -0.05) is 75.1 Å². The van der Waals surface area contributed by atoms with Gasteiger partial charge in [-0.15, -0.1) is 0 Å². The van der Waals surface area contributed by atoms with Gasteiger partial charge in [0.15, 0.2) is 0 Å². The summed E-state index contributed by atoms with van der Waals surface area (Å²) in [6.07, 6.45) is 0.134. The zero-order valence-corrected chi connectivity index (χ0v) is 14.9. The van der Waals surface area contributed by atoms with Crippen LogP contribution in [-0.4, -0.2) is 32.0 Å². The number of aliphatic hydroxyl groups excluding tert-OH is 1. The fraction of sp³-hybridized carbons (Fsp3) is 0.529. The second-order valence-electron chi connectivity index (χ2n) is 6.21. The van der Waals surface area contributed by atoms with Gasteiger partial charge in [0.25, 0.3) is 0 Å². The third-order valence-electron chi connectivity index (χ3n) is 3.95. The normalized spacial score (nSPS) is 21.2. The molecule has 0 aliphatic carbocycles. The van der Waals surface area contributed by atoms with E-state index in [2.05, 4.69) is 13.8 Å². The summed E-state index contributed by atoms with van der Waals surface area (Å²) in [5.41, 5.74) is 0.765. The molecular weight excluding hydrogens is 314 g/mol. The van der Waals surface area contributed by atoms with E-state index in [1.165, 1.54) is 0 Å². The maximum Gasteiger partial charge on any atom is 0.234 e. The summed E-state index contributed by atoms with van der Waals surface area (Å²) in [7, 11) is 0. The third kappa shape index (κ3) is 3.89. The number of hydrogen-bond donors (Lipinski definition) is 1. The SMILES string of the molecule is CC(C)C[C@H]1CSC(=S)N1C(=O)[C@@H](C)[C@H](O)c1ccccc1. The number of rotatable bonds is 5. The van der Waals surface area contributed by atoms with Crippen molar-refractivity contribution in [3.8, 4) is 0 Å². The lowest BCUT2D eigenvalue weighted by Crippen LogP contribution is -2.43. The molecule has 0 bridgehead atoms. The molecule has 0 spiro atoms. The fourth-order valence-corrected chi connectivity index (χ4v) is 4.18. The van der Waals surface area contributed by atoms with E-state index in [-0.39, 0.29) is 11.9 Å². The molecule has 1 aliphatic heterocycles. The van der Waals surface area contributed by atoms with E-state index < -0.39 is 12.0 Å². The maximum atomic E-state index is 12.8. The molecule has 2 rings (SSSR count). The van der Waals surface area contributed by atoms with Crippen LogP contribution in [0.1, 0.15) is 38.9 Å². The molecular formula is C17H23NO2S2. The fourth-order valence-electron chi connectivity index (χ4n) is 2.74. The predicted octanol–water partition coefficient (Wildman–Crippen LogP) is 3.63. The third-order valence-corrected chi connectivity index (χ3v) is 5.49. The smallest absolute Gasteiger partial charge is 0.234 e. The Morgan fingerprint density at radius 1 is 1.36 bits per heavy atom. The zero-order valence-electron chi connectivity index (χ0n) is 13.2. The molecule has 0 aromatic heterocycles. The van der Waals surface area contributed by atoms with Gasteiger partial charge in [0.2, 0.25) is 5.91 Å². The average Bonchev–Trinajstić information content (AvgIpc) is 2.86. The number of aliphatic hydroxyl groups is 1. The molecule has 5 heteroatoms. The molecule has 1 aromatic carbocycles. The Morgan fingerprint density at radius 3 is 2.59 bits per heavy atom. The predicted molar refractivity (Wildman–Crippen MR) is 95.7 cm³/mol. The van der Waals surface area contributed by atoms with E-state index in [0.29, 0.717) is 10.2 Å². The largest absolute Gasteiger partial charge is 0.388 e. The Kier molecular flexibility index (Phi) is 6.01. The van der Waals surface area contributed by atoms with Crippen LogP contribution in [0.25, 0.3) is 0 Å². The monoisotopic (exact) mass is 337 g/mol. The van der Waals surface area contributed by atoms with Crippen molar-refractivity contribution in [2.75, 3.05) is 5.75 Å². The number of thiocarbonyl (C=S) groups is 1. The summed E-state index contributed by atoms with van der Waals surface area (Å²) in [6, 6.07) is 9.47. The van der Waals surface area contributed by atoms with Gasteiger partial charge < -0.3 is 5.11 Å². The number of hydrogen-bond acceptors (Lipinski definition) is 4. The zero-order chi connectivity index (χ0) is 16.3. The molecule has 120 valence electrons. The standard InChI is InChI=1S/C17H23NO2S2/c1-11(2)9-14-10-22-17(21)18(14)16(20)12(3)15(19)13-7-5-4-6-8-13/h4-8,11-12,14-15,19H,9-10H2,1-3H3/t12-,14-,15-/m0/s1. The molecule has 22 heavy (non-hydrogen) atoms. The molecule has 0 saturated carbocycles. The Bertz CT molecular complexity index is 533. The van der Waals surface area contributed by atoms with Crippen molar-refractivity contribution < 1.29 is 9.90 Å². The van der Waals surface area contributed by atoms with Crippen molar-refractivity contribution in [2.24, 2.45) is 11.8 Å². The van der Waals surface area contributed by atoms with Crippen LogP contribution < -0.4 is 0 Å². The van der Waals surface area contributed by atoms with Crippen LogP contribution in [0.5, 0.6) is 0 Å². The van der Waals surface area contributed by atoms with Gasteiger partial charge in [-0.3, -0.25) is 9.69 Å². The highest BCUT2D eigenvalue weighted by Crippen LogP contribution is 2.32. The first-order chi connectivity index (χ1) is 10.4. The molecule has 3 atom stereocenters. The van der Waals surface area contributed by atoms with E-state index in [1.807, 2.05) is 30.3 Å². The van der Waals surface area contributed by atoms with Crippen LogP contribution in [0.15, 0.2) is 30.3 Å². The maximum absolute atomic E-state index is 12.8. The molecule has 1 aliphatic rings. The number of carbonyl (C=O) groups excluding carboxylic acids is 1. The number of benzene rings is 1. The number of thioether (sulfide) groups is 1. The van der Waals surface area contributed by atoms with Crippen molar-refractivity contribution >= 4 is 34.2 Å². The van der Waals surface area contributed by atoms with Crippen LogP contribution >= 0.6 is 24.0 Å². The summed E-state index contributed by atoms with van der Waals surface area (Å²) in [5, 5.41) is 10.5. The Morgan fingerprint density at radius 2 is 2.00 bits per heavy atom. The number of amides is 1. The molecule has 3 nitrogen and oxygen atoms in total. The average molecular weight is 338 g/mol. The number of nitrogens with zero attached hydrogens (tertiary/aromatic N) is 1. The molecule has 1 amide bonds. The topological polar surface area (TPSA) is 40.5 Å². The Labute approximate surface area is 142 Å². The van der Waals surface area contributed by atoms with Crippen LogP contribution in [-0.2, 0) is 4.79 Å². The summed E-state index contributed by atoms with van der Waals surface area (Å²) >= 11 is 6.92. The lowest BCUT2D eigenvalue weighted by Gasteiger charge is -2.29. The molecule has 1 N–H and O–H groups in total. The van der Waals surface area contributed by atoms with Crippen LogP contribution in [0.4, 0.5) is 0 Å². The van der Waals surface area contributed by atoms with Crippen LogP contribution in [0, 0.1) is 11.8 Å². The summed E-state index contributed by atoms with van der Waals surface area (Å²) in [4.78, 5) is 14.6. The van der Waals surface area contributed by atoms with Gasteiger partial charge in [0.05, 0.1) is 12.0 Å². The number of carbonyl (C=O) groups is 1. The van der Waals surface area contributed by atoms with E-state index in [1.54, 1.807) is 23.6 Å². The first-order valence-corrected chi connectivity index (χ1v) is 9.04. The van der Waals surface area contributed by atoms with Crippen molar-refractivity contribution in [3.05, 3.63) is 35.9 Å². The van der Waals surface area contributed by atoms with Crippen LogP contribution in [0.2, 0.25) is 0 Å². The second-order valence-corrected chi connectivity index (χ2v) is 7.87. The summed E-state index contributed by atoms with van der Waals surface area (Å²) < 4.78 is 0.641. The van der Waals surface area contributed by atoms with E-state index in [9.17, 15) is 9.90 Å². The minimum absolute atomic E-state index is 0.0722. The van der Waals surface area contributed by atoms with Crippen molar-refractivity contribution in [3.63, 3.8) is 0 Å². The lowest BCUT2D eigenvalue weighted by atomic mass is 9.95. The Balaban J connectivity index is 2.13. The van der Waals surface area contributed by atoms with Crippen LogP contribution in [0.3, 0.4) is 0 Å². The Hall–Kier alpha value is -0.910. The molecule has 1 fully saturated rings. The van der Waals surface area contributed by atoms with Crippen molar-refractivity contribution in [1.29, 1.82) is 0 Å². The van der Waals surface area contributed by atoms with E-state index >= 15 is 0 Å². The minimum Gasteiger partial charge on any atom is -0.388 e. The highest BCUT2D eigenvalue weighted by Gasteiger charge is 2.38. The second kappa shape index (κ2) is 7.57. The van der Waals surface area contributed by atoms with Gasteiger partial charge in [-0.2, -0.15) is 0 Å². The summed E-state index contributed by atoms with van der Waals surface area (Å²) in [6.45, 7) is 6.08. The van der Waals surface area contributed by atoms with E-state index in [0.717, 1.165) is 17.7 Å². The molecule has 1 saturated heterocycles. The first-order valence-electron chi connectivity index (χ1n) is 7.64. The van der Waals surface area contributed by atoms with Crippen molar-refractivity contribution in [2.45, 2.75) is 39.3 Å². The van der Waals surface area contributed by atoms with Gasteiger partial charge in [-0.25, -0.2) is 0 Å². The molecule has 1 heterocycles. The van der Waals surface area contributed by atoms with Gasteiger partial charge in [0, 0.05) is 11.8 Å². The van der Waals surface area contributed by atoms with Gasteiger partial charge in [-0.05, 0) is 17.9 Å².